The lowest BCUT2D eigenvalue weighted by Gasteiger charge is -2.35. The van der Waals surface area contributed by atoms with E-state index in [1.54, 1.807) is 24.3 Å². The third kappa shape index (κ3) is 4.93. The van der Waals surface area contributed by atoms with Crippen LogP contribution in [0.1, 0.15) is 48.4 Å². The number of halogens is 3. The molecule has 0 aliphatic heterocycles. The van der Waals surface area contributed by atoms with Gasteiger partial charge in [-0.25, -0.2) is 4.79 Å². The van der Waals surface area contributed by atoms with Crippen LogP contribution in [-0.4, -0.2) is 21.9 Å². The number of carboxylic acid groups (broad SMARTS) is 1. The van der Waals surface area contributed by atoms with Crippen LogP contribution in [0.15, 0.2) is 48.5 Å². The molecule has 0 spiro atoms. The van der Waals surface area contributed by atoms with Crippen molar-refractivity contribution in [3.8, 4) is 0 Å². The molecule has 0 radical (unpaired) electrons. The number of aliphatic carboxylic acids is 1. The van der Waals surface area contributed by atoms with Crippen molar-refractivity contribution >= 4 is 17.6 Å². The molecule has 2 aromatic rings. The van der Waals surface area contributed by atoms with Gasteiger partial charge in [0, 0.05) is 12.2 Å². The van der Waals surface area contributed by atoms with Gasteiger partial charge in [-0.3, -0.25) is 4.79 Å². The Hall–Kier alpha value is -3.03. The lowest BCUT2D eigenvalue weighted by atomic mass is 9.89. The minimum absolute atomic E-state index is 0.0214. The summed E-state index contributed by atoms with van der Waals surface area (Å²) >= 11 is 0. The van der Waals surface area contributed by atoms with Crippen LogP contribution in [0.5, 0.6) is 0 Å². The molecular formula is C22H23F3N2O3. The van der Waals surface area contributed by atoms with E-state index in [2.05, 4.69) is 0 Å². The third-order valence-corrected chi connectivity index (χ3v) is 5.54. The molecule has 1 atom stereocenters. The summed E-state index contributed by atoms with van der Waals surface area (Å²) < 4.78 is 38.9. The second kappa shape index (κ2) is 8.77. The Balaban J connectivity index is 2.01. The van der Waals surface area contributed by atoms with Crippen molar-refractivity contribution in [1.29, 1.82) is 0 Å². The highest BCUT2D eigenvalue weighted by atomic mass is 19.4. The Kier molecular flexibility index (Phi) is 6.34. The van der Waals surface area contributed by atoms with Crippen molar-refractivity contribution in [3.63, 3.8) is 0 Å². The minimum Gasteiger partial charge on any atom is -0.474 e. The molecule has 0 bridgehead atoms. The number of amides is 1. The Morgan fingerprint density at radius 1 is 1.03 bits per heavy atom. The second-order valence-corrected chi connectivity index (χ2v) is 7.59. The first-order chi connectivity index (χ1) is 14.2. The van der Waals surface area contributed by atoms with Crippen molar-refractivity contribution < 1.29 is 27.9 Å². The normalized spacial score (nSPS) is 15.7. The van der Waals surface area contributed by atoms with E-state index >= 15 is 0 Å². The summed E-state index contributed by atoms with van der Waals surface area (Å²) in [5.74, 6) is -2.71. The molecule has 3 rings (SSSR count). The number of rotatable bonds is 5. The van der Waals surface area contributed by atoms with Gasteiger partial charge in [0.15, 0.2) is 0 Å². The zero-order valence-electron chi connectivity index (χ0n) is 16.2. The van der Waals surface area contributed by atoms with E-state index in [-0.39, 0.29) is 12.5 Å². The quantitative estimate of drug-likeness (QED) is 0.546. The number of alkyl halides is 3. The van der Waals surface area contributed by atoms with Crippen molar-refractivity contribution in [3.05, 3.63) is 65.2 Å². The first-order valence-electron chi connectivity index (χ1n) is 9.72. The summed E-state index contributed by atoms with van der Waals surface area (Å²) in [6.45, 7) is 0.0214. The molecule has 160 valence electrons. The maximum absolute atomic E-state index is 13.0. The molecule has 5 nitrogen and oxygen atoms in total. The largest absolute Gasteiger partial charge is 0.474 e. The topological polar surface area (TPSA) is 83.6 Å². The Labute approximate surface area is 172 Å². The number of hydrogen-bond donors (Lipinski definition) is 2. The van der Waals surface area contributed by atoms with Gasteiger partial charge in [0.1, 0.15) is 0 Å². The smallest absolute Gasteiger partial charge is 0.416 e. The van der Waals surface area contributed by atoms with Crippen molar-refractivity contribution in [2.45, 2.75) is 44.4 Å². The molecular weight excluding hydrogens is 397 g/mol. The maximum Gasteiger partial charge on any atom is 0.416 e. The van der Waals surface area contributed by atoms with E-state index < -0.39 is 29.7 Å². The Bertz CT molecular complexity index is 889. The molecule has 0 saturated heterocycles. The molecule has 1 aliphatic rings. The predicted molar refractivity (Wildman–Crippen MR) is 105 cm³/mol. The van der Waals surface area contributed by atoms with E-state index in [0.29, 0.717) is 16.8 Å². The number of benzene rings is 2. The fraction of sp³-hybridized carbons (Fsp3) is 0.364. The number of anilines is 1. The zero-order chi connectivity index (χ0) is 21.9. The van der Waals surface area contributed by atoms with Gasteiger partial charge in [0.2, 0.25) is 0 Å². The van der Waals surface area contributed by atoms with Crippen molar-refractivity contribution in [2.75, 3.05) is 5.73 Å². The zero-order valence-corrected chi connectivity index (χ0v) is 16.2. The van der Waals surface area contributed by atoms with E-state index in [0.717, 1.165) is 37.8 Å². The number of nitrogens with zero attached hydrogens (tertiary/aromatic N) is 1. The van der Waals surface area contributed by atoms with Gasteiger partial charge in [0.05, 0.1) is 11.6 Å². The van der Waals surface area contributed by atoms with E-state index in [9.17, 15) is 27.9 Å². The number of carbonyl (C=O) groups excluding carboxylic acids is 1. The average Bonchev–Trinajstić information content (AvgIpc) is 3.22. The van der Waals surface area contributed by atoms with E-state index in [1.807, 2.05) is 0 Å². The second-order valence-electron chi connectivity index (χ2n) is 7.59. The molecule has 1 fully saturated rings. The summed E-state index contributed by atoms with van der Waals surface area (Å²) in [7, 11) is 0. The summed E-state index contributed by atoms with van der Waals surface area (Å²) in [6, 6.07) is 10.7. The van der Waals surface area contributed by atoms with Crippen LogP contribution < -0.4 is 5.73 Å². The number of carbonyl (C=O) groups is 2. The molecule has 2 aromatic carbocycles. The highest BCUT2D eigenvalue weighted by Gasteiger charge is 2.37. The van der Waals surface area contributed by atoms with Crippen LogP contribution in [0.25, 0.3) is 0 Å². The van der Waals surface area contributed by atoms with Crippen LogP contribution in [0.3, 0.4) is 0 Å². The minimum atomic E-state index is -4.47. The first kappa shape index (κ1) is 21.7. The predicted octanol–water partition coefficient (Wildman–Crippen LogP) is 4.63. The van der Waals surface area contributed by atoms with Gasteiger partial charge in [-0.05, 0) is 54.2 Å². The Morgan fingerprint density at radius 3 is 2.10 bits per heavy atom. The standard InChI is InChI=1S/C22H23F3N2O3/c23-22(24,25)17-9-7-16(8-10-17)19(15-3-1-2-4-15)27(20(28)21(29)30)13-14-5-11-18(26)12-6-14/h5-12,15,19H,1-4,13,26H2,(H,29,30). The van der Waals surface area contributed by atoms with Gasteiger partial charge < -0.3 is 15.7 Å². The Morgan fingerprint density at radius 2 is 1.60 bits per heavy atom. The number of nitrogens with two attached hydrogens (primary N) is 1. The summed E-state index contributed by atoms with van der Waals surface area (Å²) in [4.78, 5) is 25.5. The van der Waals surface area contributed by atoms with Crippen LogP contribution in [0.4, 0.5) is 18.9 Å². The molecule has 1 saturated carbocycles. The van der Waals surface area contributed by atoms with E-state index in [1.165, 1.54) is 17.0 Å². The van der Waals surface area contributed by atoms with Crippen LogP contribution in [0.2, 0.25) is 0 Å². The third-order valence-electron chi connectivity index (χ3n) is 5.54. The highest BCUT2D eigenvalue weighted by Crippen LogP contribution is 2.41. The van der Waals surface area contributed by atoms with Gasteiger partial charge in [-0.2, -0.15) is 13.2 Å². The molecule has 1 amide bonds. The lowest BCUT2D eigenvalue weighted by molar-refractivity contribution is -0.158. The first-order valence-corrected chi connectivity index (χ1v) is 9.72. The average molecular weight is 420 g/mol. The van der Waals surface area contributed by atoms with Crippen LogP contribution >= 0.6 is 0 Å². The summed E-state index contributed by atoms with van der Waals surface area (Å²) in [5, 5.41) is 9.40. The molecule has 8 heteroatoms. The fourth-order valence-electron chi connectivity index (χ4n) is 4.09. The van der Waals surface area contributed by atoms with E-state index in [4.69, 9.17) is 5.73 Å². The monoisotopic (exact) mass is 420 g/mol. The van der Waals surface area contributed by atoms with Gasteiger partial charge in [0.25, 0.3) is 0 Å². The molecule has 1 unspecified atom stereocenters. The SMILES string of the molecule is Nc1ccc(CN(C(=O)C(=O)O)C(c2ccc(C(F)(F)F)cc2)C2CCCC2)cc1. The fourth-order valence-corrected chi connectivity index (χ4v) is 4.09. The van der Waals surface area contributed by atoms with Gasteiger partial charge in [-0.1, -0.05) is 37.1 Å². The molecule has 3 N–H and O–H groups in total. The maximum atomic E-state index is 13.0. The molecule has 30 heavy (non-hydrogen) atoms. The number of hydrogen-bond acceptors (Lipinski definition) is 3. The number of carboxylic acids is 1. The van der Waals surface area contributed by atoms with Crippen LogP contribution in [0, 0.1) is 5.92 Å². The van der Waals surface area contributed by atoms with Crippen LogP contribution in [-0.2, 0) is 22.3 Å². The van der Waals surface area contributed by atoms with Crippen molar-refractivity contribution in [1.82, 2.24) is 4.90 Å². The molecule has 0 aromatic heterocycles. The summed E-state index contributed by atoms with van der Waals surface area (Å²) in [5.41, 5.74) is 6.63. The molecule has 1 aliphatic carbocycles. The summed E-state index contributed by atoms with van der Waals surface area (Å²) in [6.07, 6.45) is -1.06. The van der Waals surface area contributed by atoms with Gasteiger partial charge >= 0.3 is 18.1 Å². The van der Waals surface area contributed by atoms with Gasteiger partial charge in [-0.15, -0.1) is 0 Å². The van der Waals surface area contributed by atoms with Crippen molar-refractivity contribution in [2.24, 2.45) is 5.92 Å². The highest BCUT2D eigenvalue weighted by molar-refractivity contribution is 6.31. The lowest BCUT2D eigenvalue weighted by Crippen LogP contribution is -2.41. The molecule has 0 heterocycles. The number of nitrogen functional groups attached to an aromatic ring is 1.